The molecule has 4 aromatic rings. The number of benzene rings is 3. The molecule has 9 heteroatoms. The molecule has 3 aromatic carbocycles. The number of carbonyl (C=O) groups is 2. The molecule has 0 saturated heterocycles. The van der Waals surface area contributed by atoms with Gasteiger partial charge in [0.1, 0.15) is 17.7 Å². The van der Waals surface area contributed by atoms with E-state index in [0.717, 1.165) is 33.9 Å². The second kappa shape index (κ2) is 15.4. The molecule has 1 aromatic heterocycles. The molecule has 4 rings (SSSR count). The van der Waals surface area contributed by atoms with Gasteiger partial charge in [-0.05, 0) is 89.1 Å². The van der Waals surface area contributed by atoms with Gasteiger partial charge in [0.15, 0.2) is 0 Å². The fraction of sp³-hybridized carbons (Fsp3) is 0.265. The maximum Gasteiger partial charge on any atom is 0.328 e. The van der Waals surface area contributed by atoms with Gasteiger partial charge in [0.2, 0.25) is 0 Å². The number of thioether (sulfide) groups is 1. The largest absolute Gasteiger partial charge is 0.467 e. The van der Waals surface area contributed by atoms with Crippen molar-refractivity contribution in [3.05, 3.63) is 125 Å². The first-order valence-corrected chi connectivity index (χ1v) is 15.3. The van der Waals surface area contributed by atoms with Crippen molar-refractivity contribution in [1.29, 1.82) is 0 Å². The molecule has 1 amide bonds. The first kappa shape index (κ1) is 31.8. The molecule has 0 spiro atoms. The van der Waals surface area contributed by atoms with Gasteiger partial charge in [0, 0.05) is 43.7 Å². The third-order valence-corrected chi connectivity index (χ3v) is 7.67. The van der Waals surface area contributed by atoms with Crippen LogP contribution in [0.15, 0.2) is 85.2 Å². The van der Waals surface area contributed by atoms with Gasteiger partial charge >= 0.3 is 5.97 Å². The average molecular weight is 604 g/mol. The van der Waals surface area contributed by atoms with Crippen LogP contribution in [0.2, 0.25) is 0 Å². The number of halogens is 2. The highest BCUT2D eigenvalue weighted by atomic mass is 32.2. The summed E-state index contributed by atoms with van der Waals surface area (Å²) in [6.45, 7) is 3.20. The topological polar surface area (TPSA) is 71.5 Å². The molecule has 0 radical (unpaired) electrons. The van der Waals surface area contributed by atoms with Crippen molar-refractivity contribution in [3.63, 3.8) is 0 Å². The van der Waals surface area contributed by atoms with E-state index in [2.05, 4.69) is 15.2 Å². The number of methoxy groups -OCH3 is 1. The number of esters is 1. The Hall–Kier alpha value is -4.08. The molecular formula is C34H35F2N3O3S. The highest BCUT2D eigenvalue weighted by Crippen LogP contribution is 2.29. The van der Waals surface area contributed by atoms with Crippen molar-refractivity contribution in [2.45, 2.75) is 39.0 Å². The highest BCUT2D eigenvalue weighted by Gasteiger charge is 2.24. The molecule has 224 valence electrons. The number of carbonyl (C=O) groups excluding carboxylic acids is 2. The summed E-state index contributed by atoms with van der Waals surface area (Å²) in [4.78, 5) is 32.3. The molecule has 0 aliphatic carbocycles. The normalized spacial score (nSPS) is 11.8. The summed E-state index contributed by atoms with van der Waals surface area (Å²) in [5, 5.41) is 2.87. The second-order valence-electron chi connectivity index (χ2n) is 10.3. The number of hydrogen-bond donors (Lipinski definition) is 1. The number of nitrogens with one attached hydrogen (secondary N) is 1. The van der Waals surface area contributed by atoms with E-state index in [1.165, 1.54) is 19.2 Å². The van der Waals surface area contributed by atoms with E-state index in [1.807, 2.05) is 61.7 Å². The van der Waals surface area contributed by atoms with Gasteiger partial charge in [-0.3, -0.25) is 14.7 Å². The zero-order valence-corrected chi connectivity index (χ0v) is 25.3. The summed E-state index contributed by atoms with van der Waals surface area (Å²) >= 11 is 1.58. The second-order valence-corrected chi connectivity index (χ2v) is 11.3. The Labute approximate surface area is 255 Å². The third kappa shape index (κ3) is 8.95. The Bertz CT molecular complexity index is 1530. The summed E-state index contributed by atoms with van der Waals surface area (Å²) in [6.07, 6.45) is 5.84. The highest BCUT2D eigenvalue weighted by molar-refractivity contribution is 7.98. The van der Waals surface area contributed by atoms with Gasteiger partial charge in [-0.25, -0.2) is 13.6 Å². The number of aromatic nitrogens is 1. The number of rotatable bonds is 13. The maximum absolute atomic E-state index is 14.0. The zero-order valence-electron chi connectivity index (χ0n) is 24.5. The van der Waals surface area contributed by atoms with E-state index in [4.69, 9.17) is 4.74 Å². The Morgan fingerprint density at radius 3 is 2.30 bits per heavy atom. The van der Waals surface area contributed by atoms with Gasteiger partial charge in [-0.1, -0.05) is 36.4 Å². The molecule has 0 aliphatic rings. The Morgan fingerprint density at radius 2 is 1.63 bits per heavy atom. The number of amides is 1. The minimum Gasteiger partial charge on any atom is -0.467 e. The minimum atomic E-state index is -0.768. The first-order chi connectivity index (χ1) is 20.8. The monoisotopic (exact) mass is 603 g/mol. The third-order valence-electron chi connectivity index (χ3n) is 7.03. The summed E-state index contributed by atoms with van der Waals surface area (Å²) in [5.74, 6) is -1.43. The summed E-state index contributed by atoms with van der Waals surface area (Å²) in [7, 11) is 1.31. The Kier molecular flexibility index (Phi) is 11.4. The van der Waals surface area contributed by atoms with E-state index in [1.54, 1.807) is 30.2 Å². The number of pyridine rings is 1. The maximum atomic E-state index is 14.0. The fourth-order valence-corrected chi connectivity index (χ4v) is 5.46. The Balaban J connectivity index is 1.69. The quantitative estimate of drug-likeness (QED) is 0.175. The lowest BCUT2D eigenvalue weighted by Gasteiger charge is -2.24. The molecule has 1 heterocycles. The van der Waals surface area contributed by atoms with Crippen LogP contribution >= 0.6 is 11.8 Å². The Morgan fingerprint density at radius 1 is 0.907 bits per heavy atom. The van der Waals surface area contributed by atoms with Crippen LogP contribution in [0, 0.1) is 18.6 Å². The van der Waals surface area contributed by atoms with Gasteiger partial charge in [0.25, 0.3) is 5.91 Å². The van der Waals surface area contributed by atoms with Crippen LogP contribution in [0.5, 0.6) is 0 Å². The number of hydrogen-bond acceptors (Lipinski definition) is 6. The van der Waals surface area contributed by atoms with Gasteiger partial charge in [-0.2, -0.15) is 11.8 Å². The lowest BCUT2D eigenvalue weighted by molar-refractivity contribution is -0.142. The summed E-state index contributed by atoms with van der Waals surface area (Å²) in [5.41, 5.74) is 5.40. The van der Waals surface area contributed by atoms with E-state index >= 15 is 0 Å². The van der Waals surface area contributed by atoms with Crippen LogP contribution in [0.4, 0.5) is 8.78 Å². The standard InChI is InChI=1S/C34H35F2N3O3S/c1-23-7-4-5-9-29(23)31-17-24(10-11-30(31)33(40)38-32(12-14-43-3)34(41)42-2)20-39(21-25-8-6-13-37-19-25)22-26-15-27(35)18-28(36)16-26/h4-11,13,15-19,32H,12,14,20-22H2,1-3H3,(H,38,40)/t32-/m0/s1. The molecule has 0 saturated carbocycles. The molecule has 0 bridgehead atoms. The van der Waals surface area contributed by atoms with Gasteiger partial charge < -0.3 is 10.1 Å². The van der Waals surface area contributed by atoms with E-state index in [0.29, 0.717) is 42.9 Å². The lowest BCUT2D eigenvalue weighted by Crippen LogP contribution is -2.42. The van der Waals surface area contributed by atoms with E-state index in [-0.39, 0.29) is 5.91 Å². The number of ether oxygens (including phenoxy) is 1. The minimum absolute atomic E-state index is 0.293. The molecule has 1 N–H and O–H groups in total. The van der Waals surface area contributed by atoms with Crippen molar-refractivity contribution < 1.29 is 23.1 Å². The van der Waals surface area contributed by atoms with Crippen molar-refractivity contribution >= 4 is 23.6 Å². The van der Waals surface area contributed by atoms with Crippen LogP contribution in [0.3, 0.4) is 0 Å². The van der Waals surface area contributed by atoms with Crippen molar-refractivity contribution in [1.82, 2.24) is 15.2 Å². The first-order valence-electron chi connectivity index (χ1n) is 13.9. The van der Waals surface area contributed by atoms with Gasteiger partial charge in [0.05, 0.1) is 7.11 Å². The molecule has 0 fully saturated rings. The zero-order chi connectivity index (χ0) is 30.8. The van der Waals surface area contributed by atoms with Crippen LogP contribution < -0.4 is 5.32 Å². The van der Waals surface area contributed by atoms with E-state index < -0.39 is 23.6 Å². The van der Waals surface area contributed by atoms with E-state index in [9.17, 15) is 18.4 Å². The molecule has 0 unspecified atom stereocenters. The summed E-state index contributed by atoms with van der Waals surface area (Å²) in [6, 6.07) is 19.9. The predicted molar refractivity (Wildman–Crippen MR) is 166 cm³/mol. The summed E-state index contributed by atoms with van der Waals surface area (Å²) < 4.78 is 33.0. The smallest absolute Gasteiger partial charge is 0.328 e. The van der Waals surface area contributed by atoms with Crippen LogP contribution in [-0.4, -0.2) is 46.9 Å². The lowest BCUT2D eigenvalue weighted by atomic mass is 9.93. The SMILES string of the molecule is COC(=O)[C@H](CCSC)NC(=O)c1ccc(CN(Cc2cccnc2)Cc2cc(F)cc(F)c2)cc1-c1ccccc1C. The molecule has 6 nitrogen and oxygen atoms in total. The number of aryl methyl sites for hydroxylation is 1. The molecule has 43 heavy (non-hydrogen) atoms. The molecule has 0 aliphatic heterocycles. The van der Waals surface area contributed by atoms with Crippen molar-refractivity contribution in [2.24, 2.45) is 0 Å². The van der Waals surface area contributed by atoms with Crippen LogP contribution in [0.25, 0.3) is 11.1 Å². The molecule has 1 atom stereocenters. The van der Waals surface area contributed by atoms with Crippen LogP contribution in [-0.2, 0) is 29.2 Å². The predicted octanol–water partition coefficient (Wildman–Crippen LogP) is 6.56. The number of nitrogens with zero attached hydrogens (tertiary/aromatic N) is 2. The fourth-order valence-electron chi connectivity index (χ4n) is 4.98. The van der Waals surface area contributed by atoms with Crippen molar-refractivity contribution in [3.8, 4) is 11.1 Å². The average Bonchev–Trinajstić information content (AvgIpc) is 2.99. The van der Waals surface area contributed by atoms with Gasteiger partial charge in [-0.15, -0.1) is 0 Å². The van der Waals surface area contributed by atoms with Crippen LogP contribution in [0.1, 0.15) is 39.0 Å². The molecular weight excluding hydrogens is 568 g/mol. The van der Waals surface area contributed by atoms with Crippen molar-refractivity contribution in [2.75, 3.05) is 19.1 Å².